The number of nitro groups is 1. The highest BCUT2D eigenvalue weighted by Crippen LogP contribution is 2.27. The van der Waals surface area contributed by atoms with Gasteiger partial charge < -0.3 is 13.8 Å². The largest absolute Gasteiger partial charge is 0.461 e. The van der Waals surface area contributed by atoms with E-state index < -0.39 is 10.9 Å². The summed E-state index contributed by atoms with van der Waals surface area (Å²) in [6, 6.07) is 1.26. The Balaban J connectivity index is 3.27. The molecule has 0 aliphatic carbocycles. The molecule has 0 unspecified atom stereocenters. The Bertz CT molecular complexity index is 569. The summed E-state index contributed by atoms with van der Waals surface area (Å²) in [5.41, 5.74) is 0.525. The molecule has 130 valence electrons. The van der Waals surface area contributed by atoms with Gasteiger partial charge in [0, 0.05) is 13.1 Å². The van der Waals surface area contributed by atoms with Crippen LogP contribution < -0.4 is 0 Å². The Morgan fingerprint density at radius 2 is 1.96 bits per heavy atom. The molecule has 9 heteroatoms. The molecule has 1 heterocycles. The summed E-state index contributed by atoms with van der Waals surface area (Å²) in [5, 5.41) is 11.4. The third-order valence-electron chi connectivity index (χ3n) is 3.80. The van der Waals surface area contributed by atoms with Gasteiger partial charge in [-0.25, -0.2) is 4.79 Å². The predicted octanol–water partition coefficient (Wildman–Crippen LogP) is 2.53. The number of rotatable bonds is 9. The van der Waals surface area contributed by atoms with E-state index in [2.05, 4.69) is 0 Å². The summed E-state index contributed by atoms with van der Waals surface area (Å²) < 4.78 is 6.93. The van der Waals surface area contributed by atoms with Gasteiger partial charge in [-0.3, -0.25) is 10.1 Å². The molecule has 0 aliphatic rings. The Morgan fingerprint density at radius 1 is 1.39 bits per heavy atom. The number of hydrogen-bond donors (Lipinski definition) is 0. The maximum absolute atomic E-state index is 12.0. The summed E-state index contributed by atoms with van der Waals surface area (Å²) in [6.45, 7) is 3.48. The number of aromatic nitrogens is 1. The number of carbonyl (C=O) groups is 1. The summed E-state index contributed by atoms with van der Waals surface area (Å²) in [6.07, 6.45) is 0. The van der Waals surface area contributed by atoms with Crippen molar-refractivity contribution < 1.29 is 18.9 Å². The SMILES string of the molecule is CCOC(=O)c1cc([N+](=O)[O-])c(C[N+](C)(CCCl)CCCl)n1C. The highest BCUT2D eigenvalue weighted by molar-refractivity contribution is 6.18. The van der Waals surface area contributed by atoms with Crippen molar-refractivity contribution in [1.29, 1.82) is 0 Å². The lowest BCUT2D eigenvalue weighted by Gasteiger charge is -2.33. The van der Waals surface area contributed by atoms with Crippen LogP contribution in [0, 0.1) is 10.1 Å². The number of alkyl halides is 2. The van der Waals surface area contributed by atoms with E-state index in [0.717, 1.165) is 0 Å². The van der Waals surface area contributed by atoms with E-state index in [1.54, 1.807) is 14.0 Å². The number of quaternary nitrogens is 1. The molecule has 1 aromatic rings. The molecular formula is C14H22Cl2N3O4+. The maximum Gasteiger partial charge on any atom is 0.355 e. The van der Waals surface area contributed by atoms with E-state index in [4.69, 9.17) is 27.9 Å². The van der Waals surface area contributed by atoms with Crippen molar-refractivity contribution in [1.82, 2.24) is 4.57 Å². The lowest BCUT2D eigenvalue weighted by Crippen LogP contribution is -2.46. The highest BCUT2D eigenvalue weighted by atomic mass is 35.5. The molecule has 1 rings (SSSR count). The second-order valence-corrected chi connectivity index (χ2v) is 6.26. The molecule has 0 bridgehead atoms. The molecule has 0 fully saturated rings. The van der Waals surface area contributed by atoms with Crippen molar-refractivity contribution in [2.45, 2.75) is 13.5 Å². The van der Waals surface area contributed by atoms with E-state index >= 15 is 0 Å². The second kappa shape index (κ2) is 8.52. The van der Waals surface area contributed by atoms with Crippen LogP contribution in [0.15, 0.2) is 6.07 Å². The summed E-state index contributed by atoms with van der Waals surface area (Å²) in [7, 11) is 3.56. The van der Waals surface area contributed by atoms with Gasteiger partial charge in [0.2, 0.25) is 0 Å². The Kier molecular flexibility index (Phi) is 7.31. The number of hydrogen-bond acceptors (Lipinski definition) is 4. The van der Waals surface area contributed by atoms with Gasteiger partial charge in [-0.05, 0) is 6.92 Å². The van der Waals surface area contributed by atoms with Gasteiger partial charge in [-0.15, -0.1) is 23.2 Å². The normalized spacial score (nSPS) is 11.5. The molecule has 0 aromatic carbocycles. The van der Waals surface area contributed by atoms with Crippen molar-refractivity contribution in [3.8, 4) is 0 Å². The zero-order chi connectivity index (χ0) is 17.6. The molecule has 0 saturated heterocycles. The van der Waals surface area contributed by atoms with E-state index in [-0.39, 0.29) is 18.0 Å². The predicted molar refractivity (Wildman–Crippen MR) is 89.1 cm³/mol. The Morgan fingerprint density at radius 3 is 2.39 bits per heavy atom. The molecule has 1 aromatic heterocycles. The third-order valence-corrected chi connectivity index (χ3v) is 4.13. The Hall–Kier alpha value is -1.31. The fourth-order valence-corrected chi connectivity index (χ4v) is 3.23. The number of halogens is 2. The van der Waals surface area contributed by atoms with Crippen LogP contribution in [0.1, 0.15) is 23.1 Å². The average molecular weight is 367 g/mol. The van der Waals surface area contributed by atoms with Gasteiger partial charge >= 0.3 is 5.97 Å². The molecule has 0 radical (unpaired) electrons. The number of nitrogens with zero attached hydrogens (tertiary/aromatic N) is 3. The van der Waals surface area contributed by atoms with Crippen molar-refractivity contribution in [3.05, 3.63) is 27.6 Å². The standard InChI is InChI=1S/C14H22Cl2N3O4/c1-4-23-14(20)12-9-11(18(21)22)13(17(12)2)10-19(3,7-5-15)8-6-16/h9H,4-8,10H2,1-3H3/q+1. The van der Waals surface area contributed by atoms with Gasteiger partial charge in [0.25, 0.3) is 5.69 Å². The molecule has 23 heavy (non-hydrogen) atoms. The minimum Gasteiger partial charge on any atom is -0.461 e. The van der Waals surface area contributed by atoms with E-state index in [9.17, 15) is 14.9 Å². The smallest absolute Gasteiger partial charge is 0.355 e. The fraction of sp³-hybridized carbons (Fsp3) is 0.643. The third kappa shape index (κ3) is 4.83. The summed E-state index contributed by atoms with van der Waals surface area (Å²) >= 11 is 11.7. The monoisotopic (exact) mass is 366 g/mol. The van der Waals surface area contributed by atoms with Gasteiger partial charge in [0.1, 0.15) is 12.2 Å². The Labute approximate surface area is 145 Å². The van der Waals surface area contributed by atoms with Crippen LogP contribution >= 0.6 is 23.2 Å². The number of esters is 1. The molecule has 0 spiro atoms. The zero-order valence-corrected chi connectivity index (χ0v) is 15.1. The maximum atomic E-state index is 12.0. The van der Waals surface area contributed by atoms with Gasteiger partial charge in [0.05, 0.1) is 43.4 Å². The van der Waals surface area contributed by atoms with Gasteiger partial charge in [-0.2, -0.15) is 0 Å². The second-order valence-electron chi connectivity index (χ2n) is 5.50. The van der Waals surface area contributed by atoms with Crippen LogP contribution in [0.25, 0.3) is 0 Å². The molecule has 0 amide bonds. The zero-order valence-electron chi connectivity index (χ0n) is 13.6. The molecular weight excluding hydrogens is 345 g/mol. The van der Waals surface area contributed by atoms with Crippen LogP contribution in [0.5, 0.6) is 0 Å². The molecule has 0 N–H and O–H groups in total. The average Bonchev–Trinajstić information content (AvgIpc) is 2.77. The molecule has 7 nitrogen and oxygen atoms in total. The van der Waals surface area contributed by atoms with Crippen LogP contribution in [-0.2, 0) is 18.3 Å². The van der Waals surface area contributed by atoms with Gasteiger partial charge in [-0.1, -0.05) is 0 Å². The first-order valence-electron chi connectivity index (χ1n) is 7.25. The van der Waals surface area contributed by atoms with Crippen molar-refractivity contribution in [2.24, 2.45) is 7.05 Å². The number of carbonyl (C=O) groups excluding carboxylic acids is 1. The topological polar surface area (TPSA) is 74.4 Å². The quantitative estimate of drug-likeness (QED) is 0.221. The first-order valence-corrected chi connectivity index (χ1v) is 8.32. The lowest BCUT2D eigenvalue weighted by molar-refractivity contribution is -0.918. The lowest BCUT2D eigenvalue weighted by atomic mass is 10.3. The molecule has 0 atom stereocenters. The molecule has 0 saturated carbocycles. The first kappa shape index (κ1) is 19.7. The van der Waals surface area contributed by atoms with Crippen molar-refractivity contribution >= 4 is 34.9 Å². The number of ether oxygens (including phenoxy) is 1. The fourth-order valence-electron chi connectivity index (χ4n) is 2.41. The van der Waals surface area contributed by atoms with E-state index in [1.165, 1.54) is 10.6 Å². The first-order chi connectivity index (χ1) is 10.8. The van der Waals surface area contributed by atoms with Crippen molar-refractivity contribution in [3.63, 3.8) is 0 Å². The highest BCUT2D eigenvalue weighted by Gasteiger charge is 2.32. The molecule has 0 aliphatic heterocycles. The van der Waals surface area contributed by atoms with Crippen molar-refractivity contribution in [2.75, 3.05) is 38.5 Å². The summed E-state index contributed by atoms with van der Waals surface area (Å²) in [4.78, 5) is 22.8. The minimum atomic E-state index is -0.576. The minimum absolute atomic E-state index is 0.0935. The summed E-state index contributed by atoms with van der Waals surface area (Å²) in [5.74, 6) is 0.250. The van der Waals surface area contributed by atoms with E-state index in [1.807, 2.05) is 7.05 Å². The van der Waals surface area contributed by atoms with Crippen LogP contribution in [0.2, 0.25) is 0 Å². The van der Waals surface area contributed by atoms with Crippen LogP contribution in [-0.4, -0.2) is 58.4 Å². The van der Waals surface area contributed by atoms with E-state index in [0.29, 0.717) is 41.6 Å². The van der Waals surface area contributed by atoms with Crippen LogP contribution in [0.3, 0.4) is 0 Å². The van der Waals surface area contributed by atoms with Gasteiger partial charge in [0.15, 0.2) is 5.69 Å². The van der Waals surface area contributed by atoms with Crippen LogP contribution in [0.4, 0.5) is 5.69 Å².